The van der Waals surface area contributed by atoms with E-state index in [2.05, 4.69) is 37.7 Å². The van der Waals surface area contributed by atoms with Crippen molar-refractivity contribution in [2.45, 2.75) is 129 Å². The van der Waals surface area contributed by atoms with Crippen molar-refractivity contribution in [2.24, 2.45) is 0 Å². The monoisotopic (exact) mass is 418 g/mol. The summed E-state index contributed by atoms with van der Waals surface area (Å²) in [6.45, 7) is 5.26. The van der Waals surface area contributed by atoms with Crippen molar-refractivity contribution in [3.8, 4) is 5.75 Å². The highest BCUT2D eigenvalue weighted by Gasteiger charge is 2.36. The van der Waals surface area contributed by atoms with Gasteiger partial charge in [-0.2, -0.15) is 0 Å². The number of para-hydroxylation sites is 1. The Kier molecular flexibility index (Phi) is 12.7. The van der Waals surface area contributed by atoms with Crippen molar-refractivity contribution in [3.05, 3.63) is 29.8 Å². The van der Waals surface area contributed by atoms with E-state index < -0.39 is 8.56 Å². The Balaban J connectivity index is 1.35. The summed E-state index contributed by atoms with van der Waals surface area (Å²) in [7, 11) is -1.99. The Morgan fingerprint density at radius 1 is 0.690 bits per heavy atom. The van der Waals surface area contributed by atoms with Gasteiger partial charge in [-0.25, -0.2) is 0 Å². The summed E-state index contributed by atoms with van der Waals surface area (Å²) in [4.78, 5) is 0. The van der Waals surface area contributed by atoms with Crippen LogP contribution in [0.3, 0.4) is 0 Å². The van der Waals surface area contributed by atoms with Gasteiger partial charge in [-0.3, -0.25) is 0 Å². The summed E-state index contributed by atoms with van der Waals surface area (Å²) in [5.41, 5.74) is 1.20. The van der Waals surface area contributed by atoms with E-state index in [9.17, 15) is 0 Å². The molecule has 29 heavy (non-hydrogen) atoms. The molecule has 1 heterocycles. The average molecular weight is 419 g/mol. The summed E-state index contributed by atoms with van der Waals surface area (Å²) < 4.78 is 12.4. The molecule has 0 N–H and O–H groups in total. The molecule has 166 valence electrons. The van der Waals surface area contributed by atoms with Crippen molar-refractivity contribution < 1.29 is 8.85 Å². The molecule has 2 nitrogen and oxygen atoms in total. The van der Waals surface area contributed by atoms with E-state index in [4.69, 9.17) is 8.85 Å². The van der Waals surface area contributed by atoms with Gasteiger partial charge in [0.2, 0.25) is 0 Å². The molecule has 0 spiro atoms. The molecule has 1 atom stereocenters. The fourth-order valence-electron chi connectivity index (χ4n) is 4.33. The number of rotatable bonds is 17. The molecule has 2 rings (SSSR count). The fraction of sp³-hybridized carbons (Fsp3) is 0.769. The van der Waals surface area contributed by atoms with Gasteiger partial charge < -0.3 is 8.85 Å². The third kappa shape index (κ3) is 10.7. The maximum Gasteiger partial charge on any atom is 0.395 e. The lowest BCUT2D eigenvalue weighted by Crippen LogP contribution is -2.44. The predicted molar refractivity (Wildman–Crippen MR) is 128 cm³/mol. The maximum atomic E-state index is 6.26. The van der Waals surface area contributed by atoms with E-state index >= 15 is 0 Å². The molecule has 0 aliphatic carbocycles. The highest BCUT2D eigenvalue weighted by molar-refractivity contribution is 6.66. The number of fused-ring (bicyclic) bond motifs is 1. The molecular weight excluding hydrogens is 372 g/mol. The smallest absolute Gasteiger partial charge is 0.395 e. The summed E-state index contributed by atoms with van der Waals surface area (Å²) in [6.07, 6.45) is 22.7. The third-order valence-corrected chi connectivity index (χ3v) is 8.98. The van der Waals surface area contributed by atoms with Gasteiger partial charge in [-0.15, -0.1) is 0 Å². The van der Waals surface area contributed by atoms with Crippen LogP contribution in [0, 0.1) is 0 Å². The highest BCUT2D eigenvalue weighted by Crippen LogP contribution is 2.31. The van der Waals surface area contributed by atoms with Crippen molar-refractivity contribution in [3.63, 3.8) is 0 Å². The molecule has 1 aromatic carbocycles. The normalized spacial score (nSPS) is 18.4. The Hall–Kier alpha value is -0.803. The Labute approximate surface area is 182 Å². The van der Waals surface area contributed by atoms with E-state index in [1.54, 1.807) is 0 Å². The van der Waals surface area contributed by atoms with Gasteiger partial charge in [0.25, 0.3) is 0 Å². The summed E-state index contributed by atoms with van der Waals surface area (Å²) in [6, 6.07) is 9.45. The van der Waals surface area contributed by atoms with Crippen LogP contribution < -0.4 is 4.43 Å². The van der Waals surface area contributed by atoms with Gasteiger partial charge in [0.1, 0.15) is 5.75 Å². The topological polar surface area (TPSA) is 18.5 Å². The lowest BCUT2D eigenvalue weighted by atomic mass is 10.0. The zero-order valence-corrected chi connectivity index (χ0v) is 20.4. The first kappa shape index (κ1) is 24.5. The number of benzene rings is 1. The van der Waals surface area contributed by atoms with Crippen LogP contribution in [-0.2, 0) is 11.0 Å². The zero-order chi connectivity index (χ0) is 20.6. The molecule has 3 heteroatoms. The minimum atomic E-state index is -1.99. The van der Waals surface area contributed by atoms with E-state index in [1.807, 2.05) is 0 Å². The molecule has 0 fully saturated rings. The molecular formula is C26H46O2Si. The zero-order valence-electron chi connectivity index (χ0n) is 19.4. The minimum Gasteiger partial charge on any atom is -0.520 e. The van der Waals surface area contributed by atoms with Gasteiger partial charge in [-0.05, 0) is 12.6 Å². The van der Waals surface area contributed by atoms with Crippen LogP contribution in [0.2, 0.25) is 12.6 Å². The standard InChI is InChI=1S/C26H46O2Si/c1-3-4-5-6-7-8-9-10-11-12-13-14-15-16-17-20-23-29(2)27-24-25-21-18-19-22-26(25)28-29/h18-19,21-22H,3-17,20,23-24H2,1-2H3. The van der Waals surface area contributed by atoms with Crippen molar-refractivity contribution in [1.82, 2.24) is 0 Å². The Morgan fingerprint density at radius 2 is 1.17 bits per heavy atom. The van der Waals surface area contributed by atoms with Gasteiger partial charge in [0, 0.05) is 11.6 Å². The van der Waals surface area contributed by atoms with Crippen LogP contribution in [0.25, 0.3) is 0 Å². The lowest BCUT2D eigenvalue weighted by molar-refractivity contribution is 0.204. The van der Waals surface area contributed by atoms with Crippen LogP contribution in [0.1, 0.15) is 115 Å². The Morgan fingerprint density at radius 3 is 1.72 bits per heavy atom. The highest BCUT2D eigenvalue weighted by atomic mass is 28.4. The summed E-state index contributed by atoms with van der Waals surface area (Å²) in [5, 5.41) is 0. The second kappa shape index (κ2) is 15.1. The van der Waals surface area contributed by atoms with Gasteiger partial charge in [-0.1, -0.05) is 128 Å². The molecule has 0 aromatic heterocycles. The summed E-state index contributed by atoms with van der Waals surface area (Å²) >= 11 is 0. The Bertz CT molecular complexity index is 533. The predicted octanol–water partition coefficient (Wildman–Crippen LogP) is 8.93. The number of unbranched alkanes of at least 4 members (excludes halogenated alkanes) is 15. The second-order valence-electron chi connectivity index (χ2n) is 9.19. The molecule has 1 unspecified atom stereocenters. The average Bonchev–Trinajstić information content (AvgIpc) is 2.73. The number of hydrogen-bond donors (Lipinski definition) is 0. The SMILES string of the molecule is CCCCCCCCCCCCCCCCCC[Si]1(C)OCc2ccccc2O1. The number of hydrogen-bond acceptors (Lipinski definition) is 2. The van der Waals surface area contributed by atoms with Crippen LogP contribution in [-0.4, -0.2) is 8.56 Å². The van der Waals surface area contributed by atoms with E-state index in [1.165, 1.54) is 108 Å². The van der Waals surface area contributed by atoms with Crippen molar-refractivity contribution in [1.29, 1.82) is 0 Å². The quantitative estimate of drug-likeness (QED) is 0.186. The van der Waals surface area contributed by atoms with E-state index in [0.29, 0.717) is 0 Å². The maximum absolute atomic E-state index is 6.26. The molecule has 1 aliphatic rings. The van der Waals surface area contributed by atoms with Crippen LogP contribution in [0.5, 0.6) is 5.75 Å². The van der Waals surface area contributed by atoms with Crippen LogP contribution in [0.15, 0.2) is 24.3 Å². The van der Waals surface area contributed by atoms with Crippen molar-refractivity contribution >= 4 is 8.56 Å². The van der Waals surface area contributed by atoms with Gasteiger partial charge in [0.15, 0.2) is 0 Å². The molecule has 1 aliphatic heterocycles. The first-order chi connectivity index (χ1) is 14.2. The fourth-order valence-corrected chi connectivity index (χ4v) is 6.66. The van der Waals surface area contributed by atoms with Crippen LogP contribution in [0.4, 0.5) is 0 Å². The van der Waals surface area contributed by atoms with Crippen LogP contribution >= 0.6 is 0 Å². The molecule has 0 radical (unpaired) electrons. The van der Waals surface area contributed by atoms with Crippen molar-refractivity contribution in [2.75, 3.05) is 0 Å². The first-order valence-corrected chi connectivity index (χ1v) is 15.2. The first-order valence-electron chi connectivity index (χ1n) is 12.6. The molecule has 0 saturated heterocycles. The third-order valence-electron chi connectivity index (χ3n) is 6.32. The van der Waals surface area contributed by atoms with Gasteiger partial charge >= 0.3 is 8.56 Å². The molecule has 0 bridgehead atoms. The lowest BCUT2D eigenvalue weighted by Gasteiger charge is -2.33. The minimum absolute atomic E-state index is 0.734. The van der Waals surface area contributed by atoms with Gasteiger partial charge in [0.05, 0.1) is 6.61 Å². The molecule has 0 amide bonds. The largest absolute Gasteiger partial charge is 0.520 e. The second-order valence-corrected chi connectivity index (χ2v) is 12.4. The van der Waals surface area contributed by atoms with E-state index in [-0.39, 0.29) is 0 Å². The molecule has 0 saturated carbocycles. The molecule has 1 aromatic rings. The van der Waals surface area contributed by atoms with E-state index in [0.717, 1.165) is 18.4 Å². The summed E-state index contributed by atoms with van der Waals surface area (Å²) in [5.74, 6) is 1.06.